The summed E-state index contributed by atoms with van der Waals surface area (Å²) in [4.78, 5) is 8.18. The summed E-state index contributed by atoms with van der Waals surface area (Å²) in [5.74, 6) is -1.20. The van der Waals surface area contributed by atoms with E-state index in [1.807, 2.05) is 7.05 Å². The maximum atomic E-state index is 13.4. The first-order valence-electron chi connectivity index (χ1n) is 6.00. The summed E-state index contributed by atoms with van der Waals surface area (Å²) in [6.45, 7) is 3.54. The van der Waals surface area contributed by atoms with Gasteiger partial charge in [0, 0.05) is 38.3 Å². The summed E-state index contributed by atoms with van der Waals surface area (Å²) in [5, 5.41) is 2.94. The molecule has 1 aliphatic rings. The van der Waals surface area contributed by atoms with Crippen LogP contribution in [0.4, 0.5) is 14.6 Å². The molecule has 1 aromatic heterocycles. The third-order valence-corrected chi connectivity index (χ3v) is 3.29. The second-order valence-electron chi connectivity index (χ2n) is 4.76. The molecule has 1 unspecified atom stereocenters. The van der Waals surface area contributed by atoms with Crippen molar-refractivity contribution in [1.82, 2.24) is 14.8 Å². The molecule has 0 aliphatic carbocycles. The molecule has 0 bridgehead atoms. The van der Waals surface area contributed by atoms with E-state index in [0.29, 0.717) is 12.6 Å². The first kappa shape index (κ1) is 13.2. The largest absolute Gasteiger partial charge is 0.366 e. The molecule has 6 heteroatoms. The van der Waals surface area contributed by atoms with Crippen molar-refractivity contribution >= 4 is 5.82 Å². The van der Waals surface area contributed by atoms with Gasteiger partial charge < -0.3 is 10.2 Å². The van der Waals surface area contributed by atoms with Crippen molar-refractivity contribution in [2.75, 3.05) is 45.6 Å². The number of halogens is 2. The average Bonchev–Trinajstić information content (AvgIpc) is 2.32. The third-order valence-electron chi connectivity index (χ3n) is 3.29. The van der Waals surface area contributed by atoms with Crippen LogP contribution in [0, 0.1) is 11.6 Å². The van der Waals surface area contributed by atoms with Crippen LogP contribution in [-0.2, 0) is 0 Å². The molecule has 1 aromatic rings. The Bertz CT molecular complexity index is 413. The first-order valence-corrected chi connectivity index (χ1v) is 6.00. The van der Waals surface area contributed by atoms with E-state index in [2.05, 4.69) is 27.1 Å². The number of hydrogen-bond acceptors (Lipinski definition) is 4. The average molecular weight is 256 g/mol. The van der Waals surface area contributed by atoms with E-state index in [4.69, 9.17) is 0 Å². The van der Waals surface area contributed by atoms with E-state index < -0.39 is 11.6 Å². The van der Waals surface area contributed by atoms with Crippen LogP contribution in [0.25, 0.3) is 0 Å². The Balaban J connectivity index is 1.94. The van der Waals surface area contributed by atoms with Gasteiger partial charge in [-0.15, -0.1) is 0 Å². The number of piperazine rings is 1. The molecule has 0 spiro atoms. The Morgan fingerprint density at radius 3 is 2.89 bits per heavy atom. The van der Waals surface area contributed by atoms with Crippen molar-refractivity contribution in [2.45, 2.75) is 6.04 Å². The Kier molecular flexibility index (Phi) is 4.08. The highest BCUT2D eigenvalue weighted by Crippen LogP contribution is 2.12. The molecule has 1 fully saturated rings. The van der Waals surface area contributed by atoms with Gasteiger partial charge in [-0.05, 0) is 14.1 Å². The zero-order valence-corrected chi connectivity index (χ0v) is 10.7. The number of likely N-dealkylation sites (N-methyl/N-ethyl adjacent to an activating group) is 2. The van der Waals surface area contributed by atoms with Gasteiger partial charge in [-0.2, -0.15) is 0 Å². The lowest BCUT2D eigenvalue weighted by Crippen LogP contribution is -2.52. The summed E-state index contributed by atoms with van der Waals surface area (Å²) < 4.78 is 26.1. The van der Waals surface area contributed by atoms with Gasteiger partial charge in [0.15, 0.2) is 11.6 Å². The topological polar surface area (TPSA) is 31.4 Å². The summed E-state index contributed by atoms with van der Waals surface area (Å²) in [5.41, 5.74) is 0. The minimum Gasteiger partial charge on any atom is -0.366 e. The highest BCUT2D eigenvalue weighted by molar-refractivity contribution is 5.36. The molecular weight excluding hydrogens is 238 g/mol. The molecule has 1 N–H and O–H groups in total. The van der Waals surface area contributed by atoms with E-state index >= 15 is 0 Å². The fraction of sp³-hybridized carbons (Fsp3) is 0.583. The van der Waals surface area contributed by atoms with Gasteiger partial charge in [-0.25, -0.2) is 13.8 Å². The molecule has 100 valence electrons. The molecule has 4 nitrogen and oxygen atoms in total. The van der Waals surface area contributed by atoms with E-state index in [1.54, 1.807) is 0 Å². The molecule has 2 heterocycles. The lowest BCUT2D eigenvalue weighted by atomic mass is 10.2. The lowest BCUT2D eigenvalue weighted by molar-refractivity contribution is 0.121. The van der Waals surface area contributed by atoms with Gasteiger partial charge in [-0.3, -0.25) is 4.90 Å². The summed E-state index contributed by atoms with van der Waals surface area (Å²) >= 11 is 0. The van der Waals surface area contributed by atoms with Crippen LogP contribution in [-0.4, -0.2) is 61.1 Å². The minimum atomic E-state index is -0.660. The second-order valence-corrected chi connectivity index (χ2v) is 4.76. The zero-order valence-electron chi connectivity index (χ0n) is 10.7. The quantitative estimate of drug-likeness (QED) is 0.875. The second kappa shape index (κ2) is 5.58. The monoisotopic (exact) mass is 256 g/mol. The fourth-order valence-electron chi connectivity index (χ4n) is 2.08. The van der Waals surface area contributed by atoms with E-state index in [-0.39, 0.29) is 5.82 Å². The van der Waals surface area contributed by atoms with E-state index in [0.717, 1.165) is 31.9 Å². The van der Waals surface area contributed by atoms with Gasteiger partial charge >= 0.3 is 0 Å². The number of hydrogen-bond donors (Lipinski definition) is 1. The van der Waals surface area contributed by atoms with Crippen LogP contribution in [0.2, 0.25) is 0 Å². The van der Waals surface area contributed by atoms with Crippen molar-refractivity contribution in [3.05, 3.63) is 23.9 Å². The number of nitrogens with zero attached hydrogens (tertiary/aromatic N) is 3. The molecule has 2 rings (SSSR count). The Morgan fingerprint density at radius 1 is 1.39 bits per heavy atom. The molecule has 1 saturated heterocycles. The van der Waals surface area contributed by atoms with E-state index in [1.165, 1.54) is 0 Å². The van der Waals surface area contributed by atoms with Gasteiger partial charge in [0.25, 0.3) is 0 Å². The Hall–Kier alpha value is -1.27. The highest BCUT2D eigenvalue weighted by Gasteiger charge is 2.22. The van der Waals surface area contributed by atoms with Crippen LogP contribution >= 0.6 is 0 Å². The SMILES string of the molecule is CN1CCN(C)C(CNc2ncc(F)cc2F)C1. The molecule has 18 heavy (non-hydrogen) atoms. The fourth-order valence-corrected chi connectivity index (χ4v) is 2.08. The number of aromatic nitrogens is 1. The van der Waals surface area contributed by atoms with Crippen LogP contribution in [0.5, 0.6) is 0 Å². The molecular formula is C12H18F2N4. The standard InChI is InChI=1S/C12H18F2N4/c1-17-3-4-18(2)10(8-17)7-16-12-11(14)5-9(13)6-15-12/h5-6,10H,3-4,7-8H2,1-2H3,(H,15,16). The van der Waals surface area contributed by atoms with Gasteiger partial charge in [0.1, 0.15) is 5.82 Å². The van der Waals surface area contributed by atoms with Crippen LogP contribution in [0.15, 0.2) is 12.3 Å². The predicted molar refractivity (Wildman–Crippen MR) is 66.6 cm³/mol. The Labute approximate surface area is 106 Å². The number of nitrogens with one attached hydrogen (secondary N) is 1. The van der Waals surface area contributed by atoms with Crippen molar-refractivity contribution in [2.24, 2.45) is 0 Å². The van der Waals surface area contributed by atoms with Gasteiger partial charge in [0.05, 0.1) is 6.20 Å². The van der Waals surface area contributed by atoms with Crippen molar-refractivity contribution in [3.63, 3.8) is 0 Å². The highest BCUT2D eigenvalue weighted by atomic mass is 19.1. The van der Waals surface area contributed by atoms with Crippen LogP contribution in [0.1, 0.15) is 0 Å². The number of anilines is 1. The third kappa shape index (κ3) is 3.14. The van der Waals surface area contributed by atoms with E-state index in [9.17, 15) is 8.78 Å². The molecule has 0 radical (unpaired) electrons. The van der Waals surface area contributed by atoms with Gasteiger partial charge in [0.2, 0.25) is 0 Å². The molecule has 0 aromatic carbocycles. The summed E-state index contributed by atoms with van der Waals surface area (Å²) in [6.07, 6.45) is 1.02. The minimum absolute atomic E-state index is 0.109. The summed E-state index contributed by atoms with van der Waals surface area (Å²) in [6, 6.07) is 1.14. The molecule has 1 aliphatic heterocycles. The predicted octanol–water partition coefficient (Wildman–Crippen LogP) is 1.02. The summed E-state index contributed by atoms with van der Waals surface area (Å²) in [7, 11) is 4.12. The van der Waals surface area contributed by atoms with Crippen LogP contribution < -0.4 is 5.32 Å². The number of rotatable bonds is 3. The normalized spacial score (nSPS) is 22.1. The van der Waals surface area contributed by atoms with Crippen molar-refractivity contribution in [3.8, 4) is 0 Å². The lowest BCUT2D eigenvalue weighted by Gasteiger charge is -2.37. The maximum absolute atomic E-state index is 13.4. The Morgan fingerprint density at radius 2 is 2.17 bits per heavy atom. The molecule has 0 amide bonds. The van der Waals surface area contributed by atoms with Crippen molar-refractivity contribution < 1.29 is 8.78 Å². The first-order chi connectivity index (χ1) is 8.56. The molecule has 0 saturated carbocycles. The zero-order chi connectivity index (χ0) is 13.1. The van der Waals surface area contributed by atoms with Crippen LogP contribution in [0.3, 0.4) is 0 Å². The van der Waals surface area contributed by atoms with Crippen molar-refractivity contribution in [1.29, 1.82) is 0 Å². The van der Waals surface area contributed by atoms with Gasteiger partial charge in [-0.1, -0.05) is 0 Å². The smallest absolute Gasteiger partial charge is 0.168 e. The maximum Gasteiger partial charge on any atom is 0.168 e. The number of pyridine rings is 1. The molecule has 1 atom stereocenters.